The molecule has 0 bridgehead atoms. The van der Waals surface area contributed by atoms with Crippen LogP contribution in [0.5, 0.6) is 0 Å². The summed E-state index contributed by atoms with van der Waals surface area (Å²) in [7, 11) is -2.41. The maximum atomic E-state index is 13.5. The Kier molecular flexibility index (Phi) is 5.49. The first-order valence-electron chi connectivity index (χ1n) is 10.9. The summed E-state index contributed by atoms with van der Waals surface area (Å²) >= 11 is 1.75. The van der Waals surface area contributed by atoms with Crippen LogP contribution >= 0.6 is 11.9 Å². The summed E-state index contributed by atoms with van der Waals surface area (Å²) in [5.41, 5.74) is 3.50. The number of pyridine rings is 1. The molecular weight excluding hydrogens is 468 g/mol. The van der Waals surface area contributed by atoms with Crippen LogP contribution in [0.15, 0.2) is 30.3 Å². The van der Waals surface area contributed by atoms with E-state index >= 15 is 0 Å². The molecule has 11 heteroatoms. The van der Waals surface area contributed by atoms with Gasteiger partial charge in [-0.1, -0.05) is 24.1 Å². The van der Waals surface area contributed by atoms with Gasteiger partial charge < -0.3 is 4.90 Å². The summed E-state index contributed by atoms with van der Waals surface area (Å²) in [5, 5.41) is 0. The summed E-state index contributed by atoms with van der Waals surface area (Å²) < 4.78 is 57.4. The van der Waals surface area contributed by atoms with Crippen molar-refractivity contribution in [2.75, 3.05) is 59.5 Å². The Morgan fingerprint density at radius 1 is 1.12 bits per heavy atom. The average molecular weight is 496 g/mol. The molecule has 3 aliphatic rings. The number of halogens is 2. The van der Waals surface area contributed by atoms with E-state index in [1.54, 1.807) is 24.1 Å². The van der Waals surface area contributed by atoms with E-state index in [4.69, 9.17) is 4.98 Å². The second-order valence-electron chi connectivity index (χ2n) is 8.81. The molecule has 1 atom stereocenters. The Morgan fingerprint density at radius 2 is 1.82 bits per heavy atom. The largest absolute Gasteiger partial charge is 0.354 e. The van der Waals surface area contributed by atoms with Crippen molar-refractivity contribution in [1.29, 1.82) is 0 Å². The van der Waals surface area contributed by atoms with Crippen molar-refractivity contribution in [2.24, 2.45) is 5.92 Å². The van der Waals surface area contributed by atoms with Gasteiger partial charge in [0.25, 0.3) is 5.92 Å². The van der Waals surface area contributed by atoms with Crippen molar-refractivity contribution in [3.05, 3.63) is 35.9 Å². The molecule has 2 fully saturated rings. The highest BCUT2D eigenvalue weighted by Gasteiger charge is 2.59. The van der Waals surface area contributed by atoms with Gasteiger partial charge in [0.05, 0.1) is 17.1 Å². The number of benzene rings is 1. The monoisotopic (exact) mass is 495 g/mol. The molecule has 0 spiro atoms. The maximum Gasteiger partial charge on any atom is 0.326 e. The Labute approximate surface area is 197 Å². The minimum absolute atomic E-state index is 0.208. The van der Waals surface area contributed by atoms with E-state index in [9.17, 15) is 17.2 Å². The van der Waals surface area contributed by atoms with Gasteiger partial charge in [-0.25, -0.2) is 18.1 Å². The Hall–Kier alpha value is -2.11. The number of anilines is 3. The molecule has 7 nitrogen and oxygen atoms in total. The Morgan fingerprint density at radius 3 is 2.45 bits per heavy atom. The highest BCUT2D eigenvalue weighted by Crippen LogP contribution is 2.51. The van der Waals surface area contributed by atoms with Crippen molar-refractivity contribution in [3.8, 4) is 11.3 Å². The highest BCUT2D eigenvalue weighted by atomic mass is 32.2. The topological polar surface area (TPSA) is 60.0 Å². The predicted octanol–water partition coefficient (Wildman–Crippen LogP) is 3.61. The van der Waals surface area contributed by atoms with Gasteiger partial charge in [-0.15, -0.1) is 0 Å². The van der Waals surface area contributed by atoms with E-state index < -0.39 is 22.0 Å². The van der Waals surface area contributed by atoms with Crippen LogP contribution in [0.3, 0.4) is 0 Å². The summed E-state index contributed by atoms with van der Waals surface area (Å²) in [6, 6.07) is 9.39. The summed E-state index contributed by atoms with van der Waals surface area (Å²) in [4.78, 5) is 7.18. The van der Waals surface area contributed by atoms with Crippen LogP contribution in [-0.2, 0) is 10.2 Å². The normalized spacial score (nSPS) is 23.7. The third-order valence-electron chi connectivity index (χ3n) is 6.73. The molecule has 178 valence electrons. The van der Waals surface area contributed by atoms with E-state index in [2.05, 4.69) is 15.5 Å². The first-order valence-corrected chi connectivity index (χ1v) is 13.5. The van der Waals surface area contributed by atoms with Gasteiger partial charge in [0.2, 0.25) is 0 Å². The predicted molar refractivity (Wildman–Crippen MR) is 129 cm³/mol. The van der Waals surface area contributed by atoms with Gasteiger partial charge in [-0.05, 0) is 36.9 Å². The lowest BCUT2D eigenvalue weighted by molar-refractivity contribution is 0.101. The third kappa shape index (κ3) is 3.93. The number of aryl methyl sites for hydroxylation is 1. The number of aromatic nitrogens is 1. The quantitative estimate of drug-likeness (QED) is 0.591. The highest BCUT2D eigenvalue weighted by molar-refractivity contribution is 7.96. The zero-order valence-corrected chi connectivity index (χ0v) is 20.5. The van der Waals surface area contributed by atoms with Gasteiger partial charge in [0.15, 0.2) is 0 Å². The van der Waals surface area contributed by atoms with Crippen LogP contribution in [0.25, 0.3) is 11.3 Å². The molecule has 1 saturated carbocycles. The molecule has 0 N–H and O–H groups in total. The molecule has 0 radical (unpaired) electrons. The standard InChI is InChI=1S/C22H27F2N5O2S2/c1-15-4-7-20(27-8-10-28(32-3)11-9-27)25-21(15)16-5-6-18-19(12-16)26(2)33(30,31)29(18)14-17-13-22(17,23)24/h4-7,12,17H,8-11,13-14H2,1-3H3. The lowest BCUT2D eigenvalue weighted by Crippen LogP contribution is -2.43. The van der Waals surface area contributed by atoms with Crippen LogP contribution in [0, 0.1) is 12.8 Å². The van der Waals surface area contributed by atoms with Crippen molar-refractivity contribution >= 4 is 39.3 Å². The van der Waals surface area contributed by atoms with Crippen LogP contribution < -0.4 is 13.5 Å². The Balaban J connectivity index is 1.46. The van der Waals surface area contributed by atoms with Crippen LogP contribution in [0.1, 0.15) is 12.0 Å². The minimum Gasteiger partial charge on any atom is -0.354 e. The smallest absolute Gasteiger partial charge is 0.326 e. The Bertz CT molecular complexity index is 1190. The number of rotatable bonds is 5. The molecule has 1 aromatic heterocycles. The molecule has 2 aliphatic heterocycles. The summed E-state index contributed by atoms with van der Waals surface area (Å²) in [5.74, 6) is -2.81. The molecule has 1 saturated heterocycles. The summed E-state index contributed by atoms with van der Waals surface area (Å²) in [6.07, 6.45) is 1.82. The molecule has 1 unspecified atom stereocenters. The molecule has 33 heavy (non-hydrogen) atoms. The average Bonchev–Trinajstić information content (AvgIpc) is 3.37. The van der Waals surface area contributed by atoms with E-state index in [1.807, 2.05) is 25.1 Å². The van der Waals surface area contributed by atoms with Gasteiger partial charge in [-0.3, -0.25) is 8.61 Å². The molecule has 1 aliphatic carbocycles. The van der Waals surface area contributed by atoms with E-state index in [0.29, 0.717) is 11.4 Å². The number of alkyl halides is 2. The fraction of sp³-hybridized carbons (Fsp3) is 0.500. The summed E-state index contributed by atoms with van der Waals surface area (Å²) in [6.45, 7) is 5.48. The van der Waals surface area contributed by atoms with Gasteiger partial charge in [0, 0.05) is 57.7 Å². The SMILES string of the molecule is CSN1CCN(c2ccc(C)c(-c3ccc4c(c3)N(C)S(=O)(=O)N4CC3CC3(F)F)n2)CC1. The van der Waals surface area contributed by atoms with Gasteiger partial charge in [-0.2, -0.15) is 8.42 Å². The number of piperazine rings is 1. The molecule has 2 aromatic rings. The molecule has 1 aromatic carbocycles. The van der Waals surface area contributed by atoms with Crippen molar-refractivity contribution in [1.82, 2.24) is 9.29 Å². The molecule has 5 rings (SSSR count). The lowest BCUT2D eigenvalue weighted by atomic mass is 10.0. The zero-order chi connectivity index (χ0) is 23.5. The second-order valence-corrected chi connectivity index (χ2v) is 11.6. The minimum atomic E-state index is -3.87. The number of fused-ring (bicyclic) bond motifs is 1. The molecule has 3 heterocycles. The fourth-order valence-electron chi connectivity index (χ4n) is 4.48. The van der Waals surface area contributed by atoms with Crippen LogP contribution in [-0.4, -0.2) is 69.7 Å². The number of hydrogen-bond donors (Lipinski definition) is 0. The van der Waals surface area contributed by atoms with Crippen molar-refractivity contribution < 1.29 is 17.2 Å². The van der Waals surface area contributed by atoms with E-state index in [0.717, 1.165) is 53.1 Å². The third-order valence-corrected chi connectivity index (χ3v) is 9.40. The van der Waals surface area contributed by atoms with Gasteiger partial charge in [0.1, 0.15) is 5.82 Å². The zero-order valence-electron chi connectivity index (χ0n) is 18.8. The molecule has 0 amide bonds. The molecular formula is C22H27F2N5O2S2. The van der Waals surface area contributed by atoms with Crippen LogP contribution in [0.4, 0.5) is 26.0 Å². The van der Waals surface area contributed by atoms with Crippen LogP contribution in [0.2, 0.25) is 0 Å². The maximum absolute atomic E-state index is 13.5. The number of nitrogens with zero attached hydrogens (tertiary/aromatic N) is 5. The fourth-order valence-corrected chi connectivity index (χ4v) is 6.47. The van der Waals surface area contributed by atoms with E-state index in [1.165, 1.54) is 11.4 Å². The lowest BCUT2D eigenvalue weighted by Gasteiger charge is -2.34. The first-order chi connectivity index (χ1) is 15.6. The van der Waals surface area contributed by atoms with Crippen molar-refractivity contribution in [2.45, 2.75) is 19.3 Å². The number of hydrogen-bond acceptors (Lipinski definition) is 6. The van der Waals surface area contributed by atoms with E-state index in [-0.39, 0.29) is 13.0 Å². The second kappa shape index (κ2) is 7.99. The van der Waals surface area contributed by atoms with Crippen molar-refractivity contribution in [3.63, 3.8) is 0 Å². The van der Waals surface area contributed by atoms with Gasteiger partial charge >= 0.3 is 10.2 Å². The first kappa shape index (κ1) is 22.7.